The Hall–Kier alpha value is -0.860. The summed E-state index contributed by atoms with van der Waals surface area (Å²) in [4.78, 5) is 0. The molecule has 0 aromatic heterocycles. The van der Waals surface area contributed by atoms with Gasteiger partial charge in [0, 0.05) is 13.2 Å². The molecule has 0 radical (unpaired) electrons. The van der Waals surface area contributed by atoms with Crippen LogP contribution in [0, 0.1) is 5.92 Å². The fourth-order valence-electron chi connectivity index (χ4n) is 4.26. The predicted octanol–water partition coefficient (Wildman–Crippen LogP) is 5.32. The van der Waals surface area contributed by atoms with E-state index in [4.69, 9.17) is 9.47 Å². The Morgan fingerprint density at radius 3 is 2.04 bits per heavy atom. The van der Waals surface area contributed by atoms with E-state index < -0.39 is 0 Å². The van der Waals surface area contributed by atoms with Crippen LogP contribution < -0.4 is 0 Å². The second-order valence-corrected chi connectivity index (χ2v) is 7.32. The molecule has 2 fully saturated rings. The molecule has 2 nitrogen and oxygen atoms in total. The summed E-state index contributed by atoms with van der Waals surface area (Å²) in [7, 11) is 0. The fourth-order valence-corrected chi connectivity index (χ4v) is 4.26. The molecule has 23 heavy (non-hydrogen) atoms. The van der Waals surface area contributed by atoms with E-state index in [1.54, 1.807) is 0 Å². The van der Waals surface area contributed by atoms with Crippen LogP contribution in [0.3, 0.4) is 0 Å². The minimum Gasteiger partial charge on any atom is -0.379 e. The Bertz CT molecular complexity index is 428. The van der Waals surface area contributed by atoms with Crippen molar-refractivity contribution in [3.63, 3.8) is 0 Å². The smallest absolute Gasteiger partial charge is 0.0575 e. The number of benzene rings is 1. The van der Waals surface area contributed by atoms with Crippen LogP contribution in [-0.4, -0.2) is 25.4 Å². The van der Waals surface area contributed by atoms with E-state index >= 15 is 0 Å². The van der Waals surface area contributed by atoms with Gasteiger partial charge in [0.05, 0.1) is 12.2 Å². The lowest BCUT2D eigenvalue weighted by molar-refractivity contribution is -0.0230. The highest BCUT2D eigenvalue weighted by molar-refractivity contribution is 5.19. The zero-order chi connectivity index (χ0) is 15.9. The third kappa shape index (κ3) is 5.06. The minimum absolute atomic E-state index is 0.500. The maximum Gasteiger partial charge on any atom is 0.0575 e. The number of hydrogen-bond donors (Lipinski definition) is 0. The molecule has 128 valence electrons. The number of hydrogen-bond acceptors (Lipinski definition) is 2. The molecule has 1 aromatic carbocycles. The van der Waals surface area contributed by atoms with E-state index in [1.807, 2.05) is 0 Å². The summed E-state index contributed by atoms with van der Waals surface area (Å²) in [6, 6.07) is 11.0. The number of ether oxygens (including phenoxy) is 2. The monoisotopic (exact) mass is 316 g/mol. The highest BCUT2D eigenvalue weighted by atomic mass is 16.5. The van der Waals surface area contributed by atoms with Crippen molar-refractivity contribution in [3.05, 3.63) is 35.9 Å². The molecule has 3 rings (SSSR count). The first-order valence-corrected chi connectivity index (χ1v) is 9.63. The zero-order valence-corrected chi connectivity index (χ0v) is 14.6. The van der Waals surface area contributed by atoms with Gasteiger partial charge in [-0.1, -0.05) is 30.3 Å². The van der Waals surface area contributed by atoms with Gasteiger partial charge < -0.3 is 9.47 Å². The maximum atomic E-state index is 6.26. The predicted molar refractivity (Wildman–Crippen MR) is 94.8 cm³/mol. The molecule has 0 atom stereocenters. The van der Waals surface area contributed by atoms with Crippen LogP contribution in [0.15, 0.2) is 30.3 Å². The van der Waals surface area contributed by atoms with Crippen LogP contribution in [-0.2, 0) is 9.47 Å². The molecule has 2 aliphatic rings. The van der Waals surface area contributed by atoms with E-state index in [-0.39, 0.29) is 0 Å². The Balaban J connectivity index is 1.34. The normalized spacial score (nSPS) is 31.9. The molecule has 0 unspecified atom stereocenters. The third-order valence-electron chi connectivity index (χ3n) is 5.71. The van der Waals surface area contributed by atoms with E-state index in [2.05, 4.69) is 37.3 Å². The van der Waals surface area contributed by atoms with Gasteiger partial charge in [0.1, 0.15) is 0 Å². The third-order valence-corrected chi connectivity index (χ3v) is 5.71. The number of rotatable bonds is 6. The van der Waals surface area contributed by atoms with Crippen molar-refractivity contribution in [2.24, 2.45) is 5.92 Å². The first-order chi connectivity index (χ1) is 11.3. The van der Waals surface area contributed by atoms with Crippen LogP contribution in [0.1, 0.15) is 69.8 Å². The van der Waals surface area contributed by atoms with Crippen molar-refractivity contribution in [2.75, 3.05) is 13.2 Å². The van der Waals surface area contributed by atoms with Crippen LogP contribution in [0.25, 0.3) is 0 Å². The molecule has 0 amide bonds. The van der Waals surface area contributed by atoms with Gasteiger partial charge in [-0.15, -0.1) is 0 Å². The summed E-state index contributed by atoms with van der Waals surface area (Å²) in [5.74, 6) is 1.51. The van der Waals surface area contributed by atoms with Crippen molar-refractivity contribution in [3.8, 4) is 0 Å². The van der Waals surface area contributed by atoms with Crippen LogP contribution in [0.4, 0.5) is 0 Å². The van der Waals surface area contributed by atoms with Gasteiger partial charge in [-0.2, -0.15) is 0 Å². The average molecular weight is 316 g/mol. The summed E-state index contributed by atoms with van der Waals surface area (Å²) in [5, 5.41) is 0. The molecule has 1 aromatic rings. The molecule has 0 N–H and O–H groups in total. The molecular formula is C21H32O2. The van der Waals surface area contributed by atoms with Gasteiger partial charge in [-0.25, -0.2) is 0 Å². The quantitative estimate of drug-likeness (QED) is 0.706. The van der Waals surface area contributed by atoms with Crippen molar-refractivity contribution >= 4 is 0 Å². The fraction of sp³-hybridized carbons (Fsp3) is 0.714. The lowest BCUT2D eigenvalue weighted by Crippen LogP contribution is -2.27. The van der Waals surface area contributed by atoms with Gasteiger partial charge >= 0.3 is 0 Å². The molecule has 0 spiro atoms. The molecule has 0 bridgehead atoms. The second-order valence-electron chi connectivity index (χ2n) is 7.32. The van der Waals surface area contributed by atoms with Crippen LogP contribution in [0.5, 0.6) is 0 Å². The topological polar surface area (TPSA) is 18.5 Å². The SMILES string of the molecule is CCO[C@H]1CC[C@H](CO[C@H]2CC[C@H](c3ccccc3)CC2)CC1. The second kappa shape index (κ2) is 8.84. The van der Waals surface area contributed by atoms with Crippen LogP contribution >= 0.6 is 0 Å². The Morgan fingerprint density at radius 1 is 0.783 bits per heavy atom. The highest BCUT2D eigenvalue weighted by Gasteiger charge is 2.25. The molecule has 2 heteroatoms. The molecule has 2 saturated carbocycles. The summed E-state index contributed by atoms with van der Waals surface area (Å²) < 4.78 is 12.0. The molecule has 2 aliphatic carbocycles. The van der Waals surface area contributed by atoms with Crippen molar-refractivity contribution in [1.82, 2.24) is 0 Å². The van der Waals surface area contributed by atoms with Crippen molar-refractivity contribution in [1.29, 1.82) is 0 Å². The Kier molecular flexibility index (Phi) is 6.53. The summed E-state index contributed by atoms with van der Waals surface area (Å²) >= 11 is 0. The van der Waals surface area contributed by atoms with Gasteiger partial charge in [-0.3, -0.25) is 0 Å². The molecule has 0 saturated heterocycles. The van der Waals surface area contributed by atoms with Gasteiger partial charge in [0.15, 0.2) is 0 Å². The minimum atomic E-state index is 0.500. The lowest BCUT2D eigenvalue weighted by atomic mass is 9.82. The van der Waals surface area contributed by atoms with Crippen molar-refractivity contribution < 1.29 is 9.47 Å². The largest absolute Gasteiger partial charge is 0.379 e. The van der Waals surface area contributed by atoms with Crippen LogP contribution in [0.2, 0.25) is 0 Å². The molecular weight excluding hydrogens is 284 g/mol. The van der Waals surface area contributed by atoms with E-state index in [1.165, 1.54) is 56.9 Å². The Morgan fingerprint density at radius 2 is 1.39 bits per heavy atom. The van der Waals surface area contributed by atoms with Gasteiger partial charge in [0.25, 0.3) is 0 Å². The first kappa shape index (κ1) is 17.0. The standard InChI is InChI=1S/C21H32O2/c1-2-22-20-12-8-17(9-13-20)16-23-21-14-10-19(11-15-21)18-6-4-3-5-7-18/h3-7,17,19-21H,2,8-16H2,1H3/t17-,19-,20-,21-. The van der Waals surface area contributed by atoms with E-state index in [0.717, 1.165) is 25.0 Å². The zero-order valence-electron chi connectivity index (χ0n) is 14.6. The van der Waals surface area contributed by atoms with E-state index in [0.29, 0.717) is 12.2 Å². The molecule has 0 heterocycles. The summed E-state index contributed by atoms with van der Waals surface area (Å²) in [5.41, 5.74) is 1.51. The van der Waals surface area contributed by atoms with Gasteiger partial charge in [0.2, 0.25) is 0 Å². The highest BCUT2D eigenvalue weighted by Crippen LogP contribution is 2.34. The Labute approximate surface area is 141 Å². The summed E-state index contributed by atoms with van der Waals surface area (Å²) in [6.07, 6.45) is 11.1. The first-order valence-electron chi connectivity index (χ1n) is 9.63. The van der Waals surface area contributed by atoms with Crippen molar-refractivity contribution in [2.45, 2.75) is 76.4 Å². The van der Waals surface area contributed by atoms with E-state index in [9.17, 15) is 0 Å². The maximum absolute atomic E-state index is 6.26. The molecule has 0 aliphatic heterocycles. The summed E-state index contributed by atoms with van der Waals surface area (Å²) in [6.45, 7) is 3.93. The lowest BCUT2D eigenvalue weighted by Gasteiger charge is -2.32. The van der Waals surface area contributed by atoms with Gasteiger partial charge in [-0.05, 0) is 75.7 Å². The average Bonchev–Trinajstić information content (AvgIpc) is 2.63.